The molecule has 0 aromatic heterocycles. The third-order valence-corrected chi connectivity index (χ3v) is 21.7. The van der Waals surface area contributed by atoms with Crippen molar-refractivity contribution < 1.29 is 38.1 Å². The van der Waals surface area contributed by atoms with Crippen LogP contribution in [0.5, 0.6) is 0 Å². The van der Waals surface area contributed by atoms with E-state index >= 15 is 4.39 Å². The van der Waals surface area contributed by atoms with E-state index in [1.165, 1.54) is 11.1 Å². The number of benzene rings is 1. The fourth-order valence-electron chi connectivity index (χ4n) is 7.01. The van der Waals surface area contributed by atoms with Crippen molar-refractivity contribution in [2.75, 3.05) is 26.4 Å². The lowest BCUT2D eigenvalue weighted by Gasteiger charge is -2.42. The SMILES string of the molecule is CC(C)(C)[Si](C)(C)O[C@H]1C[C@H](F)[C@H](CC[C@@H](O[Si](C)(C)C(C)(C)C)C2Cc3ccccc3C2)[C@H]1C/C=C/CCCC(=O)OCC(CO)(CO)CO. The summed E-state index contributed by atoms with van der Waals surface area (Å²) in [4.78, 5) is 12.3. The Hall–Kier alpha value is -1.41. The van der Waals surface area contributed by atoms with E-state index in [2.05, 4.69) is 104 Å². The molecule has 1 saturated carbocycles. The summed E-state index contributed by atoms with van der Waals surface area (Å²) < 4.78 is 35.7. The van der Waals surface area contributed by atoms with Crippen molar-refractivity contribution in [1.29, 1.82) is 0 Å². The predicted molar refractivity (Wildman–Crippen MR) is 209 cm³/mol. The number of carbonyl (C=O) groups is 1. The van der Waals surface area contributed by atoms with Gasteiger partial charge in [0.15, 0.2) is 16.6 Å². The van der Waals surface area contributed by atoms with Gasteiger partial charge in [0, 0.05) is 18.9 Å². The quantitative estimate of drug-likeness (QED) is 0.0564. The van der Waals surface area contributed by atoms with Gasteiger partial charge in [-0.3, -0.25) is 4.79 Å². The van der Waals surface area contributed by atoms with E-state index in [0.717, 1.165) is 32.1 Å². The van der Waals surface area contributed by atoms with Crippen LogP contribution in [0.25, 0.3) is 0 Å². The van der Waals surface area contributed by atoms with Crippen molar-refractivity contribution in [1.82, 2.24) is 0 Å². The van der Waals surface area contributed by atoms with Crippen molar-refractivity contribution in [2.24, 2.45) is 23.2 Å². The van der Waals surface area contributed by atoms with Gasteiger partial charge in [0.25, 0.3) is 0 Å². The van der Waals surface area contributed by atoms with Crippen LogP contribution >= 0.6 is 0 Å². The van der Waals surface area contributed by atoms with Crippen LogP contribution in [0.3, 0.4) is 0 Å². The zero-order chi connectivity index (χ0) is 38.3. The largest absolute Gasteiger partial charge is 0.465 e. The maximum atomic E-state index is 16.3. The van der Waals surface area contributed by atoms with Crippen molar-refractivity contribution >= 4 is 22.6 Å². The standard InChI is InChI=1S/C41H71FO7Si2/c1-39(2,3)50(7,8)48-36(32-23-30-17-15-16-18-31(30)24-32)22-21-33-34(37(25-35(33)42)49-51(9,10)40(4,5)6)19-13-11-12-14-20-38(46)47-29-41(26-43,27-44)28-45/h11,13,15-18,32-37,43-45H,12,14,19-29H2,1-10H3/b13-11+/t33-,34-,35+,36-,37+/m1/s1. The van der Waals surface area contributed by atoms with Crippen LogP contribution < -0.4 is 0 Å². The van der Waals surface area contributed by atoms with Gasteiger partial charge in [-0.15, -0.1) is 0 Å². The second-order valence-corrected chi connectivity index (χ2v) is 28.2. The van der Waals surface area contributed by atoms with E-state index in [-0.39, 0.29) is 47.1 Å². The number of esters is 1. The van der Waals surface area contributed by atoms with Gasteiger partial charge >= 0.3 is 5.97 Å². The maximum Gasteiger partial charge on any atom is 0.305 e. The number of carbonyl (C=O) groups excluding carboxylic acids is 1. The molecule has 7 nitrogen and oxygen atoms in total. The third-order valence-electron chi connectivity index (χ3n) is 12.7. The molecule has 2 aliphatic carbocycles. The molecular formula is C41H71FO7Si2. The number of hydrogen-bond donors (Lipinski definition) is 3. The number of ether oxygens (including phenoxy) is 1. The Morgan fingerprint density at radius 2 is 1.47 bits per heavy atom. The third kappa shape index (κ3) is 11.8. The van der Waals surface area contributed by atoms with E-state index in [4.69, 9.17) is 13.6 Å². The molecule has 0 aliphatic heterocycles. The average Bonchev–Trinajstić information content (AvgIpc) is 3.60. The first-order valence-corrected chi connectivity index (χ1v) is 25.2. The Balaban J connectivity index is 1.72. The number of aliphatic hydroxyl groups is 3. The highest BCUT2D eigenvalue weighted by Crippen LogP contribution is 2.47. The van der Waals surface area contributed by atoms with Gasteiger partial charge in [0.2, 0.25) is 0 Å². The van der Waals surface area contributed by atoms with Crippen LogP contribution in [0.1, 0.15) is 97.6 Å². The number of rotatable bonds is 19. The van der Waals surface area contributed by atoms with E-state index in [9.17, 15) is 20.1 Å². The highest BCUT2D eigenvalue weighted by Gasteiger charge is 2.49. The van der Waals surface area contributed by atoms with E-state index in [1.54, 1.807) is 0 Å². The molecule has 1 aromatic carbocycles. The van der Waals surface area contributed by atoms with Gasteiger partial charge in [-0.05, 0) is 110 Å². The van der Waals surface area contributed by atoms with Gasteiger partial charge in [-0.2, -0.15) is 0 Å². The van der Waals surface area contributed by atoms with Crippen LogP contribution in [0.2, 0.25) is 36.3 Å². The fourth-order valence-corrected chi connectivity index (χ4v) is 9.82. The zero-order valence-corrected chi connectivity index (χ0v) is 35.5. The molecule has 0 heterocycles. The lowest BCUT2D eigenvalue weighted by atomic mass is 9.84. The molecule has 3 N–H and O–H groups in total. The summed E-state index contributed by atoms with van der Waals surface area (Å²) in [5.74, 6) is -0.0821. The summed E-state index contributed by atoms with van der Waals surface area (Å²) in [6, 6.07) is 8.75. The number of halogens is 1. The molecule has 292 valence electrons. The minimum Gasteiger partial charge on any atom is -0.465 e. The minimum atomic E-state index is -2.14. The second-order valence-electron chi connectivity index (χ2n) is 18.7. The van der Waals surface area contributed by atoms with Crippen LogP contribution in [0.4, 0.5) is 4.39 Å². The summed E-state index contributed by atoms with van der Waals surface area (Å²) in [7, 11) is -4.21. The summed E-state index contributed by atoms with van der Waals surface area (Å²) in [6.07, 6.45) is 9.51. The van der Waals surface area contributed by atoms with Crippen molar-refractivity contribution in [3.63, 3.8) is 0 Å². The van der Waals surface area contributed by atoms with Crippen molar-refractivity contribution in [3.05, 3.63) is 47.5 Å². The van der Waals surface area contributed by atoms with E-state index in [0.29, 0.717) is 25.2 Å². The Kier molecular flexibility index (Phi) is 15.8. The minimum absolute atomic E-state index is 0.0245. The molecule has 0 amide bonds. The Morgan fingerprint density at radius 3 is 2.00 bits per heavy atom. The molecule has 0 unspecified atom stereocenters. The molecule has 0 spiro atoms. The van der Waals surface area contributed by atoms with Crippen molar-refractivity contribution in [2.45, 2.75) is 154 Å². The molecule has 0 saturated heterocycles. The fraction of sp³-hybridized carbons (Fsp3) is 0.780. The lowest BCUT2D eigenvalue weighted by molar-refractivity contribution is -0.151. The first kappa shape index (κ1) is 44.0. The van der Waals surface area contributed by atoms with Crippen LogP contribution in [0.15, 0.2) is 36.4 Å². The van der Waals surface area contributed by atoms with Crippen LogP contribution in [0, 0.1) is 23.2 Å². The lowest BCUT2D eigenvalue weighted by Crippen LogP contribution is -2.46. The van der Waals surface area contributed by atoms with Crippen molar-refractivity contribution in [3.8, 4) is 0 Å². The Bertz CT molecular complexity index is 1230. The molecule has 1 fully saturated rings. The second kappa shape index (κ2) is 18.3. The first-order chi connectivity index (χ1) is 23.7. The number of alkyl halides is 1. The highest BCUT2D eigenvalue weighted by atomic mass is 28.4. The predicted octanol–water partition coefficient (Wildman–Crippen LogP) is 8.56. The van der Waals surface area contributed by atoms with Gasteiger partial charge in [-0.25, -0.2) is 4.39 Å². The Morgan fingerprint density at radius 1 is 0.902 bits per heavy atom. The topological polar surface area (TPSA) is 105 Å². The maximum absolute atomic E-state index is 16.3. The van der Waals surface area contributed by atoms with E-state index < -0.39 is 54.0 Å². The first-order valence-electron chi connectivity index (χ1n) is 19.4. The molecule has 5 atom stereocenters. The van der Waals surface area contributed by atoms with Gasteiger partial charge < -0.3 is 28.9 Å². The van der Waals surface area contributed by atoms with Gasteiger partial charge in [0.1, 0.15) is 12.8 Å². The highest BCUT2D eigenvalue weighted by molar-refractivity contribution is 6.74. The molecule has 10 heteroatoms. The van der Waals surface area contributed by atoms with Crippen LogP contribution in [-0.4, -0.2) is 82.7 Å². The molecule has 3 rings (SSSR count). The molecular weight excluding hydrogens is 680 g/mol. The van der Waals surface area contributed by atoms with Gasteiger partial charge in [-0.1, -0.05) is 78.0 Å². The number of hydrogen-bond acceptors (Lipinski definition) is 7. The summed E-state index contributed by atoms with van der Waals surface area (Å²) in [6.45, 7) is 21.1. The molecule has 0 bridgehead atoms. The summed E-state index contributed by atoms with van der Waals surface area (Å²) in [5.41, 5.74) is 1.61. The average molecular weight is 751 g/mol. The summed E-state index contributed by atoms with van der Waals surface area (Å²) >= 11 is 0. The van der Waals surface area contributed by atoms with Gasteiger partial charge in [0.05, 0.1) is 31.3 Å². The molecule has 2 aliphatic rings. The van der Waals surface area contributed by atoms with E-state index in [1.807, 2.05) is 0 Å². The summed E-state index contributed by atoms with van der Waals surface area (Å²) in [5, 5.41) is 28.5. The zero-order valence-electron chi connectivity index (χ0n) is 33.5. The smallest absolute Gasteiger partial charge is 0.305 e. The Labute approximate surface area is 311 Å². The molecule has 51 heavy (non-hydrogen) atoms. The number of unbranched alkanes of at least 4 members (excludes halogenated alkanes) is 1. The number of allylic oxidation sites excluding steroid dienone is 2. The van der Waals surface area contributed by atoms with Crippen LogP contribution in [-0.2, 0) is 31.2 Å². The molecule has 1 aromatic rings. The monoisotopic (exact) mass is 750 g/mol. The molecule has 0 radical (unpaired) electrons. The number of aliphatic hydroxyl groups excluding tert-OH is 3. The normalized spacial score (nSPS) is 22.9. The number of fused-ring (bicyclic) bond motifs is 1.